The number of anilines is 2. The Kier molecular flexibility index (Phi) is 11.4. The summed E-state index contributed by atoms with van der Waals surface area (Å²) in [4.78, 5) is 48.7. The van der Waals surface area contributed by atoms with E-state index in [0.29, 0.717) is 68.1 Å². The van der Waals surface area contributed by atoms with Gasteiger partial charge in [0.2, 0.25) is 11.8 Å². The molecule has 1 saturated heterocycles. The third-order valence-corrected chi connectivity index (χ3v) is 7.01. The Hall–Kier alpha value is -4.31. The normalized spacial score (nSPS) is 13.4. The summed E-state index contributed by atoms with van der Waals surface area (Å²) in [5.74, 6) is 5.69. The third-order valence-electron chi connectivity index (χ3n) is 6.70. The topological polar surface area (TPSA) is 110 Å². The van der Waals surface area contributed by atoms with Crippen molar-refractivity contribution in [2.75, 3.05) is 36.4 Å². The molecule has 242 valence electrons. The van der Waals surface area contributed by atoms with Crippen molar-refractivity contribution in [3.8, 4) is 11.8 Å². The summed E-state index contributed by atoms with van der Waals surface area (Å²) in [6.07, 6.45) is -2.10. The number of carbonyl (C=O) groups is 2. The minimum Gasteiger partial charge on any atom is -0.444 e. The Morgan fingerprint density at radius 1 is 1.16 bits per heavy atom. The standard InChI is InChI=1S/C23H31N5O3.C8H5ClF3NO/c1-7-10-16-15-24-21-18(25-16)20(29)19(17(8-2)28(21)9-3)26-11-13-27(14-12-26)22(30)31-23(4,5)6;9-6-3-5(8(10,11)12)1-2-7(6)13-4-14/h15H,8-9,11-14H2,1-6H3;1-4H,(H,13,14). The van der Waals surface area contributed by atoms with Crippen LogP contribution < -0.4 is 15.6 Å². The number of nitrogens with zero attached hydrogens (tertiary/aromatic N) is 5. The molecule has 0 radical (unpaired) electrons. The average Bonchev–Trinajstić information content (AvgIpc) is 2.97. The molecule has 2 aromatic heterocycles. The van der Waals surface area contributed by atoms with Gasteiger partial charge in [-0.2, -0.15) is 13.2 Å². The molecule has 0 bridgehead atoms. The van der Waals surface area contributed by atoms with E-state index >= 15 is 0 Å². The number of fused-ring (bicyclic) bond motifs is 1. The van der Waals surface area contributed by atoms with Gasteiger partial charge in [0.1, 0.15) is 17.0 Å². The molecule has 0 spiro atoms. The summed E-state index contributed by atoms with van der Waals surface area (Å²) >= 11 is 5.49. The first kappa shape index (κ1) is 35.2. The Morgan fingerprint density at radius 2 is 1.82 bits per heavy atom. The maximum absolute atomic E-state index is 13.5. The largest absolute Gasteiger partial charge is 0.444 e. The number of pyridine rings is 1. The molecule has 0 aliphatic carbocycles. The zero-order chi connectivity index (χ0) is 33.5. The Bertz CT molecular complexity index is 1670. The fourth-order valence-electron chi connectivity index (χ4n) is 4.76. The molecule has 1 aliphatic rings. The smallest absolute Gasteiger partial charge is 0.416 e. The Balaban J connectivity index is 0.000000330. The van der Waals surface area contributed by atoms with Gasteiger partial charge in [-0.3, -0.25) is 9.59 Å². The van der Waals surface area contributed by atoms with Crippen LogP contribution in [-0.4, -0.2) is 63.7 Å². The summed E-state index contributed by atoms with van der Waals surface area (Å²) < 4.78 is 44.0. The molecule has 4 rings (SSSR count). The van der Waals surface area contributed by atoms with Gasteiger partial charge in [0.05, 0.1) is 22.5 Å². The van der Waals surface area contributed by atoms with Gasteiger partial charge in [-0.1, -0.05) is 24.4 Å². The van der Waals surface area contributed by atoms with E-state index in [1.54, 1.807) is 18.0 Å². The number of ether oxygens (including phenoxy) is 1. The lowest BCUT2D eigenvalue weighted by Crippen LogP contribution is -2.51. The van der Waals surface area contributed by atoms with Crippen molar-refractivity contribution in [1.29, 1.82) is 0 Å². The third kappa shape index (κ3) is 8.66. The van der Waals surface area contributed by atoms with E-state index < -0.39 is 17.3 Å². The van der Waals surface area contributed by atoms with E-state index in [1.165, 1.54) is 0 Å². The lowest BCUT2D eigenvalue weighted by atomic mass is 10.1. The second-order valence-electron chi connectivity index (χ2n) is 10.9. The minimum absolute atomic E-state index is 0.130. The highest BCUT2D eigenvalue weighted by Crippen LogP contribution is 2.33. The van der Waals surface area contributed by atoms with Crippen molar-refractivity contribution in [1.82, 2.24) is 19.4 Å². The molecular weight excluding hydrogens is 613 g/mol. The van der Waals surface area contributed by atoms with Crippen LogP contribution in [-0.2, 0) is 28.7 Å². The number of hydrogen-bond acceptors (Lipinski definition) is 7. The molecule has 0 saturated carbocycles. The minimum atomic E-state index is -4.43. The van der Waals surface area contributed by atoms with Gasteiger partial charge in [0.25, 0.3) is 0 Å². The molecule has 1 aliphatic heterocycles. The van der Waals surface area contributed by atoms with Crippen LogP contribution in [0.4, 0.5) is 29.3 Å². The van der Waals surface area contributed by atoms with Crippen molar-refractivity contribution >= 4 is 46.6 Å². The van der Waals surface area contributed by atoms with E-state index in [-0.39, 0.29) is 22.2 Å². The number of halogens is 4. The number of aromatic nitrogens is 3. The quantitative estimate of drug-likeness (QED) is 0.278. The molecule has 1 aromatic carbocycles. The zero-order valence-electron chi connectivity index (χ0n) is 26.0. The molecule has 3 aromatic rings. The fraction of sp³-hybridized carbons (Fsp3) is 0.452. The number of nitrogens with one attached hydrogen (secondary N) is 1. The van der Waals surface area contributed by atoms with Crippen molar-refractivity contribution < 1.29 is 27.5 Å². The predicted molar refractivity (Wildman–Crippen MR) is 168 cm³/mol. The van der Waals surface area contributed by atoms with Gasteiger partial charge < -0.3 is 24.4 Å². The van der Waals surface area contributed by atoms with Gasteiger partial charge in [0, 0.05) is 38.4 Å². The second kappa shape index (κ2) is 14.6. The van der Waals surface area contributed by atoms with E-state index in [4.69, 9.17) is 16.3 Å². The summed E-state index contributed by atoms with van der Waals surface area (Å²) in [7, 11) is 0. The Labute approximate surface area is 264 Å². The van der Waals surface area contributed by atoms with Crippen LogP contribution in [0, 0.1) is 11.8 Å². The van der Waals surface area contributed by atoms with Crippen LogP contribution in [0.15, 0.2) is 29.2 Å². The molecule has 1 fully saturated rings. The van der Waals surface area contributed by atoms with E-state index in [2.05, 4.69) is 36.6 Å². The van der Waals surface area contributed by atoms with Crippen LogP contribution >= 0.6 is 11.6 Å². The van der Waals surface area contributed by atoms with Crippen LogP contribution in [0.3, 0.4) is 0 Å². The molecule has 0 unspecified atom stereocenters. The molecule has 2 amide bonds. The summed E-state index contributed by atoms with van der Waals surface area (Å²) in [5, 5.41) is 2.03. The van der Waals surface area contributed by atoms with Gasteiger partial charge in [-0.15, -0.1) is 0 Å². The number of hydrogen-bond donors (Lipinski definition) is 1. The van der Waals surface area contributed by atoms with E-state index in [0.717, 1.165) is 23.9 Å². The van der Waals surface area contributed by atoms with Gasteiger partial charge in [-0.25, -0.2) is 14.8 Å². The SMILES string of the molecule is CC#Cc1cnc2c(n1)c(=O)c(N1CCN(C(=O)OC(C)(C)C)CC1)c(CC)n2CC.O=CNc1ccc(C(F)(F)F)cc1Cl. The molecule has 1 N–H and O–H groups in total. The predicted octanol–water partition coefficient (Wildman–Crippen LogP) is 5.73. The maximum atomic E-state index is 13.5. The van der Waals surface area contributed by atoms with Crippen molar-refractivity contribution in [2.45, 2.75) is 66.3 Å². The number of piperazine rings is 1. The molecule has 0 atom stereocenters. The summed E-state index contributed by atoms with van der Waals surface area (Å²) in [6.45, 7) is 14.1. The monoisotopic (exact) mass is 648 g/mol. The van der Waals surface area contributed by atoms with E-state index in [9.17, 15) is 27.6 Å². The molecule has 3 heterocycles. The van der Waals surface area contributed by atoms with Crippen LogP contribution in [0.5, 0.6) is 0 Å². The number of carbonyl (C=O) groups excluding carboxylic acids is 2. The average molecular weight is 649 g/mol. The maximum Gasteiger partial charge on any atom is 0.416 e. The lowest BCUT2D eigenvalue weighted by molar-refractivity contribution is -0.137. The molecule has 14 heteroatoms. The number of alkyl halides is 3. The number of rotatable bonds is 5. The van der Waals surface area contributed by atoms with Gasteiger partial charge in [0.15, 0.2) is 11.2 Å². The molecule has 45 heavy (non-hydrogen) atoms. The highest BCUT2D eigenvalue weighted by atomic mass is 35.5. The highest BCUT2D eigenvalue weighted by molar-refractivity contribution is 6.33. The lowest BCUT2D eigenvalue weighted by Gasteiger charge is -2.37. The Morgan fingerprint density at radius 3 is 2.33 bits per heavy atom. The van der Waals surface area contributed by atoms with Gasteiger partial charge in [-0.05, 0) is 65.2 Å². The highest BCUT2D eigenvalue weighted by Gasteiger charge is 2.31. The summed E-state index contributed by atoms with van der Waals surface area (Å²) in [6, 6.07) is 2.70. The summed E-state index contributed by atoms with van der Waals surface area (Å²) in [5.41, 5.74) is 1.63. The van der Waals surface area contributed by atoms with Crippen molar-refractivity contribution in [3.63, 3.8) is 0 Å². The molecular formula is C31H36ClF3N6O4. The number of amides is 2. The van der Waals surface area contributed by atoms with Crippen LogP contribution in [0.25, 0.3) is 11.2 Å². The van der Waals surface area contributed by atoms with Crippen molar-refractivity contribution in [3.05, 3.63) is 56.6 Å². The molecule has 10 nitrogen and oxygen atoms in total. The fourth-order valence-corrected chi connectivity index (χ4v) is 4.99. The number of benzene rings is 1. The zero-order valence-corrected chi connectivity index (χ0v) is 26.8. The van der Waals surface area contributed by atoms with Gasteiger partial charge >= 0.3 is 12.3 Å². The second-order valence-corrected chi connectivity index (χ2v) is 11.3. The van der Waals surface area contributed by atoms with Crippen LogP contribution in [0.1, 0.15) is 58.5 Å². The first-order chi connectivity index (χ1) is 21.1. The number of aryl methyl sites for hydroxylation is 1. The first-order valence-electron chi connectivity index (χ1n) is 14.3. The van der Waals surface area contributed by atoms with Crippen molar-refractivity contribution in [2.24, 2.45) is 0 Å². The first-order valence-corrected chi connectivity index (χ1v) is 14.7. The van der Waals surface area contributed by atoms with E-state index in [1.807, 2.05) is 34.6 Å². The van der Waals surface area contributed by atoms with Crippen LogP contribution in [0.2, 0.25) is 5.02 Å².